The van der Waals surface area contributed by atoms with Crippen molar-refractivity contribution in [2.75, 3.05) is 50.5 Å². The highest BCUT2D eigenvalue weighted by Crippen LogP contribution is 2.39. The molecule has 5 heterocycles. The summed E-state index contributed by atoms with van der Waals surface area (Å²) >= 11 is 0. The van der Waals surface area contributed by atoms with Gasteiger partial charge in [0.25, 0.3) is 6.47 Å². The number of carboxylic acid groups (broad SMARTS) is 1. The topological polar surface area (TPSA) is 145 Å². The number of nitrogens with zero attached hydrogens (tertiary/aromatic N) is 8. The van der Waals surface area contributed by atoms with Crippen LogP contribution in [0.3, 0.4) is 0 Å². The Kier molecular flexibility index (Phi) is 12.5. The van der Waals surface area contributed by atoms with Crippen LogP contribution >= 0.6 is 0 Å². The number of carbonyl (C=O) groups excluding carboxylic acids is 1. The zero-order valence-electron chi connectivity index (χ0n) is 34.9. The van der Waals surface area contributed by atoms with Crippen LogP contribution in [0.2, 0.25) is 0 Å². The fourth-order valence-electron chi connectivity index (χ4n) is 8.27. The lowest BCUT2D eigenvalue weighted by Crippen LogP contribution is -2.57. The van der Waals surface area contributed by atoms with Gasteiger partial charge in [-0.1, -0.05) is 45.0 Å². The van der Waals surface area contributed by atoms with Gasteiger partial charge in [0.15, 0.2) is 5.65 Å². The Labute approximate surface area is 345 Å². The van der Waals surface area contributed by atoms with Gasteiger partial charge in [0.05, 0.1) is 23.6 Å². The molecule has 2 fully saturated rings. The van der Waals surface area contributed by atoms with Crippen molar-refractivity contribution in [2.45, 2.75) is 95.9 Å². The number of piperidine rings is 1. The van der Waals surface area contributed by atoms with E-state index >= 15 is 4.39 Å². The molecule has 3 aromatic heterocycles. The second kappa shape index (κ2) is 17.8. The molecule has 0 radical (unpaired) electrons. The molecule has 14 nitrogen and oxygen atoms in total. The molecule has 0 spiro atoms. The maximum atomic E-state index is 15.1. The molecule has 2 aromatic carbocycles. The number of carbonyl (C=O) groups is 2. The van der Waals surface area contributed by atoms with Crippen LogP contribution in [0.1, 0.15) is 94.3 Å². The number of urea groups is 1. The second-order valence-electron chi connectivity index (χ2n) is 17.2. The third-order valence-electron chi connectivity index (χ3n) is 11.8. The van der Waals surface area contributed by atoms with E-state index in [-0.39, 0.29) is 35.9 Å². The highest BCUT2D eigenvalue weighted by molar-refractivity contribution is 5.89. The molecule has 3 aliphatic rings. The summed E-state index contributed by atoms with van der Waals surface area (Å²) in [6.07, 6.45) is 7.35. The number of nitrogens with one attached hydrogen (secondary N) is 2. The minimum absolute atomic E-state index is 0.183. The van der Waals surface area contributed by atoms with Gasteiger partial charge in [0.1, 0.15) is 23.5 Å². The molecule has 8 rings (SSSR count). The summed E-state index contributed by atoms with van der Waals surface area (Å²) in [5.41, 5.74) is 4.75. The van der Waals surface area contributed by atoms with Gasteiger partial charge >= 0.3 is 6.03 Å². The van der Waals surface area contributed by atoms with Crippen LogP contribution in [0.25, 0.3) is 11.3 Å². The number of rotatable bonds is 10. The van der Waals surface area contributed by atoms with Gasteiger partial charge in [0, 0.05) is 49.7 Å². The number of ether oxygens (including phenoxy) is 1. The second-order valence-corrected chi connectivity index (χ2v) is 17.2. The molecule has 2 aliphatic heterocycles. The van der Waals surface area contributed by atoms with Crippen molar-refractivity contribution in [1.82, 2.24) is 39.5 Å². The molecule has 15 heteroatoms. The van der Waals surface area contributed by atoms with E-state index in [1.165, 1.54) is 12.5 Å². The van der Waals surface area contributed by atoms with Crippen molar-refractivity contribution in [3.63, 3.8) is 0 Å². The van der Waals surface area contributed by atoms with E-state index < -0.39 is 0 Å². The Morgan fingerprint density at radius 3 is 2.51 bits per heavy atom. The smallest absolute Gasteiger partial charge is 0.320 e. The number of halogens is 1. The lowest BCUT2D eigenvalue weighted by molar-refractivity contribution is -0.122. The first-order chi connectivity index (χ1) is 28.3. The number of likely N-dealkylation sites (tertiary alicyclic amines) is 1. The fraction of sp³-hybridized carbons (Fsp3) is 0.477. The predicted molar refractivity (Wildman–Crippen MR) is 226 cm³/mol. The standard InChI is InChI=1S/C43H55FN10O2.CH2O2/c1-28-11-9-10-21-52(28)42-48-47-39-19-15-32(27-53(39)42)56-37-18-17-36(33-12-7-8-13-34(33)37)45-41(55)46-40-24-38(43(2,3)4)49-54(40)30-14-16-35(44)29(23-30)20-22-51-25-31(26-51)50(5)6;2-1-3/h7-8,12-16,19,23-24,27-28,31,36-37H,9-11,17-18,20-22,25-26H2,1-6H3,(H2,45,46,55);1H,(H,2,3)/t28-,36-,37+;/m0./s1. The summed E-state index contributed by atoms with van der Waals surface area (Å²) in [5, 5.41) is 27.1. The van der Waals surface area contributed by atoms with Crippen LogP contribution in [-0.4, -0.2) is 104 Å². The molecule has 314 valence electrons. The first-order valence-electron chi connectivity index (χ1n) is 20.6. The fourth-order valence-corrected chi connectivity index (χ4v) is 8.27. The maximum absolute atomic E-state index is 15.1. The summed E-state index contributed by atoms with van der Waals surface area (Å²) in [6, 6.07) is 19.5. The highest BCUT2D eigenvalue weighted by atomic mass is 19.1. The van der Waals surface area contributed by atoms with Gasteiger partial charge in [-0.2, -0.15) is 5.10 Å². The molecule has 5 aromatic rings. The van der Waals surface area contributed by atoms with Gasteiger partial charge in [-0.3, -0.25) is 19.4 Å². The third kappa shape index (κ3) is 9.36. The summed E-state index contributed by atoms with van der Waals surface area (Å²) in [7, 11) is 4.19. The van der Waals surface area contributed by atoms with Crippen LogP contribution < -0.4 is 20.3 Å². The van der Waals surface area contributed by atoms with Gasteiger partial charge in [-0.25, -0.2) is 13.9 Å². The van der Waals surface area contributed by atoms with Crippen LogP contribution in [0.4, 0.5) is 21.0 Å². The van der Waals surface area contributed by atoms with Gasteiger partial charge < -0.3 is 25.0 Å². The SMILES string of the molecule is C[C@H]1CCCCN1c1nnc2ccc(O[C@@H]3CC[C@H](NC(=O)Nc4cc(C(C)(C)C)nn4-c4ccc(F)c(CCN5CC(N(C)C)C5)c4)c4ccccc43)cn12.O=CO. The van der Waals surface area contributed by atoms with E-state index in [1.807, 2.05) is 47.0 Å². The zero-order valence-corrected chi connectivity index (χ0v) is 34.9. The van der Waals surface area contributed by atoms with Gasteiger partial charge in [0.2, 0.25) is 5.95 Å². The number of fused-ring (bicyclic) bond motifs is 2. The Morgan fingerprint density at radius 1 is 1.02 bits per heavy atom. The number of pyridine rings is 1. The van der Waals surface area contributed by atoms with Crippen molar-refractivity contribution in [3.05, 3.63) is 95.1 Å². The van der Waals surface area contributed by atoms with E-state index in [4.69, 9.17) is 19.7 Å². The number of hydrogen-bond donors (Lipinski definition) is 3. The highest BCUT2D eigenvalue weighted by Gasteiger charge is 2.31. The Bertz CT molecular complexity index is 2240. The lowest BCUT2D eigenvalue weighted by atomic mass is 9.85. The summed E-state index contributed by atoms with van der Waals surface area (Å²) in [5.74, 6) is 1.89. The van der Waals surface area contributed by atoms with E-state index in [1.54, 1.807) is 10.7 Å². The Balaban J connectivity index is 0.00000171. The van der Waals surface area contributed by atoms with Gasteiger partial charge in [-0.05, 0) is 107 Å². The van der Waals surface area contributed by atoms with E-state index in [9.17, 15) is 4.79 Å². The minimum Gasteiger partial charge on any atom is -0.484 e. The molecule has 59 heavy (non-hydrogen) atoms. The van der Waals surface area contributed by atoms with E-state index in [0.717, 1.165) is 79.6 Å². The zero-order chi connectivity index (χ0) is 41.8. The van der Waals surface area contributed by atoms with Crippen molar-refractivity contribution in [2.24, 2.45) is 0 Å². The average molecular weight is 809 g/mol. The molecular weight excluding hydrogens is 752 g/mol. The van der Waals surface area contributed by atoms with E-state index in [0.29, 0.717) is 42.0 Å². The molecule has 3 atom stereocenters. The largest absolute Gasteiger partial charge is 0.484 e. The number of benzene rings is 2. The predicted octanol–water partition coefficient (Wildman–Crippen LogP) is 7.00. The molecule has 2 amide bonds. The Morgan fingerprint density at radius 2 is 1.78 bits per heavy atom. The van der Waals surface area contributed by atoms with E-state index in [2.05, 4.69) is 89.5 Å². The quantitative estimate of drug-likeness (QED) is 0.126. The monoisotopic (exact) mass is 808 g/mol. The maximum Gasteiger partial charge on any atom is 0.320 e. The van der Waals surface area contributed by atoms with Crippen molar-refractivity contribution < 1.29 is 23.8 Å². The first-order valence-corrected chi connectivity index (χ1v) is 20.6. The van der Waals surface area contributed by atoms with Crippen LogP contribution in [0.5, 0.6) is 5.75 Å². The molecule has 3 N–H and O–H groups in total. The number of anilines is 2. The minimum atomic E-state index is -0.334. The average Bonchev–Trinajstić information content (AvgIpc) is 3.81. The number of likely N-dealkylation sites (N-methyl/N-ethyl adjacent to an activating group) is 1. The van der Waals surface area contributed by atoms with Crippen LogP contribution in [0, 0.1) is 5.82 Å². The summed E-state index contributed by atoms with van der Waals surface area (Å²) in [6.45, 7) is 12.0. The van der Waals surface area contributed by atoms with Crippen LogP contribution in [-0.2, 0) is 16.6 Å². The number of aromatic nitrogens is 5. The molecule has 0 bridgehead atoms. The molecule has 0 unspecified atom stereocenters. The normalized spacial score (nSPS) is 19.7. The van der Waals surface area contributed by atoms with Gasteiger partial charge in [-0.15, -0.1) is 10.2 Å². The number of amides is 2. The van der Waals surface area contributed by atoms with Crippen molar-refractivity contribution in [1.29, 1.82) is 0 Å². The van der Waals surface area contributed by atoms with Crippen LogP contribution in [0.15, 0.2) is 66.9 Å². The molecule has 0 saturated carbocycles. The van der Waals surface area contributed by atoms with Crippen molar-refractivity contribution in [3.8, 4) is 11.4 Å². The first kappa shape index (κ1) is 41.6. The number of hydrogen-bond acceptors (Lipinski definition) is 9. The molecule has 1 aliphatic carbocycles. The Hall–Kier alpha value is -5.54. The van der Waals surface area contributed by atoms with Crippen molar-refractivity contribution >= 4 is 29.9 Å². The summed E-state index contributed by atoms with van der Waals surface area (Å²) in [4.78, 5) is 29.1. The summed E-state index contributed by atoms with van der Waals surface area (Å²) < 4.78 is 25.5. The third-order valence-corrected chi connectivity index (χ3v) is 11.8. The molecular formula is C44H57FN10O4. The molecule has 2 saturated heterocycles. The lowest BCUT2D eigenvalue weighted by Gasteiger charge is -2.42.